The van der Waals surface area contributed by atoms with E-state index in [1.807, 2.05) is 27.7 Å². The van der Waals surface area contributed by atoms with Gasteiger partial charge in [-0.3, -0.25) is 0 Å². The molecule has 0 radical (unpaired) electrons. The molecule has 1 aromatic rings. The van der Waals surface area contributed by atoms with Gasteiger partial charge in [-0.25, -0.2) is 13.2 Å². The first-order chi connectivity index (χ1) is 8.61. The third-order valence-corrected chi connectivity index (χ3v) is 3.41. The summed E-state index contributed by atoms with van der Waals surface area (Å²) in [5.41, 5.74) is -0.893. The predicted octanol–water partition coefficient (Wildman–Crippen LogP) is 3.86. The summed E-state index contributed by atoms with van der Waals surface area (Å²) in [4.78, 5) is 0. The second-order valence-electron chi connectivity index (χ2n) is 6.11. The zero-order valence-corrected chi connectivity index (χ0v) is 11.5. The molecule has 1 N–H and O–H groups in total. The van der Waals surface area contributed by atoms with E-state index in [0.29, 0.717) is 12.5 Å². The van der Waals surface area contributed by atoms with Crippen molar-refractivity contribution in [1.82, 2.24) is 0 Å². The van der Waals surface area contributed by atoms with Crippen molar-refractivity contribution in [1.29, 1.82) is 0 Å². The van der Waals surface area contributed by atoms with Crippen LogP contribution in [0.1, 0.15) is 34.1 Å². The van der Waals surface area contributed by atoms with Crippen LogP contribution in [0.25, 0.3) is 0 Å². The van der Waals surface area contributed by atoms with Gasteiger partial charge in [0.05, 0.1) is 22.9 Å². The van der Waals surface area contributed by atoms with Crippen LogP contribution in [0.15, 0.2) is 12.1 Å². The Bertz CT molecular complexity index is 500. The minimum atomic E-state index is -1.19. The molecule has 2 rings (SSSR count). The van der Waals surface area contributed by atoms with Crippen molar-refractivity contribution in [3.63, 3.8) is 0 Å². The highest BCUT2D eigenvalue weighted by Crippen LogP contribution is 2.39. The molecule has 1 aliphatic heterocycles. The molecule has 0 spiro atoms. The maximum atomic E-state index is 13.6. The van der Waals surface area contributed by atoms with Gasteiger partial charge >= 0.3 is 0 Å². The smallest absolute Gasteiger partial charge is 0.161 e. The summed E-state index contributed by atoms with van der Waals surface area (Å²) >= 11 is 0. The van der Waals surface area contributed by atoms with Gasteiger partial charge in [-0.15, -0.1) is 0 Å². The summed E-state index contributed by atoms with van der Waals surface area (Å²) in [6.45, 7) is 7.66. The Morgan fingerprint density at radius 2 is 1.63 bits per heavy atom. The fourth-order valence-corrected chi connectivity index (χ4v) is 2.61. The Kier molecular flexibility index (Phi) is 3.29. The van der Waals surface area contributed by atoms with Gasteiger partial charge < -0.3 is 10.1 Å². The molecule has 1 unspecified atom stereocenters. The zero-order chi connectivity index (χ0) is 14.4. The lowest BCUT2D eigenvalue weighted by molar-refractivity contribution is -0.0662. The Balaban J connectivity index is 2.25. The molecule has 1 heterocycles. The lowest BCUT2D eigenvalue weighted by Gasteiger charge is -2.28. The number of ether oxygens (including phenoxy) is 1. The first-order valence-corrected chi connectivity index (χ1v) is 6.22. The van der Waals surface area contributed by atoms with E-state index < -0.39 is 23.1 Å². The summed E-state index contributed by atoms with van der Waals surface area (Å²) in [6.07, 6.45) is 0.651. The van der Waals surface area contributed by atoms with Crippen molar-refractivity contribution in [2.75, 3.05) is 5.32 Å². The van der Waals surface area contributed by atoms with Crippen LogP contribution in [-0.4, -0.2) is 17.2 Å². The number of nitrogens with one attached hydrogen (secondary N) is 1. The minimum Gasteiger partial charge on any atom is -0.377 e. The fraction of sp³-hybridized carbons (Fsp3) is 0.571. The molecule has 0 amide bonds. The highest BCUT2D eigenvalue weighted by Gasteiger charge is 2.46. The number of benzene rings is 1. The monoisotopic (exact) mass is 273 g/mol. The normalized spacial score (nSPS) is 24.5. The standard InChI is InChI=1S/C14H18F3NO/c1-13(2)7-12(14(3,4)19-13)18-11-6-9(16)8(15)5-10(11)17/h5-6,12,18H,7H2,1-4H3. The van der Waals surface area contributed by atoms with E-state index in [9.17, 15) is 13.2 Å². The Morgan fingerprint density at radius 1 is 1.05 bits per heavy atom. The molecule has 0 saturated carbocycles. The average molecular weight is 273 g/mol. The van der Waals surface area contributed by atoms with Crippen LogP contribution in [0.5, 0.6) is 0 Å². The van der Waals surface area contributed by atoms with Crippen LogP contribution in [0.4, 0.5) is 18.9 Å². The maximum Gasteiger partial charge on any atom is 0.161 e. The van der Waals surface area contributed by atoms with Crippen molar-refractivity contribution in [3.05, 3.63) is 29.6 Å². The Hall–Kier alpha value is -1.23. The van der Waals surface area contributed by atoms with Crippen molar-refractivity contribution in [2.45, 2.75) is 51.4 Å². The van der Waals surface area contributed by atoms with Crippen molar-refractivity contribution >= 4 is 5.69 Å². The van der Waals surface area contributed by atoms with Gasteiger partial charge in [0.2, 0.25) is 0 Å². The van der Waals surface area contributed by atoms with Crippen molar-refractivity contribution in [3.8, 4) is 0 Å². The molecule has 0 aliphatic carbocycles. The molecular formula is C14H18F3NO. The number of hydrogen-bond acceptors (Lipinski definition) is 2. The second kappa shape index (κ2) is 4.40. The lowest BCUT2D eigenvalue weighted by atomic mass is 9.94. The molecule has 0 aromatic heterocycles. The zero-order valence-electron chi connectivity index (χ0n) is 11.5. The molecule has 19 heavy (non-hydrogen) atoms. The predicted molar refractivity (Wildman–Crippen MR) is 67.6 cm³/mol. The van der Waals surface area contributed by atoms with Crippen LogP contribution in [-0.2, 0) is 4.74 Å². The molecule has 1 atom stereocenters. The van der Waals surface area contributed by atoms with Gasteiger partial charge in [0, 0.05) is 12.1 Å². The molecule has 1 fully saturated rings. The van der Waals surface area contributed by atoms with Crippen LogP contribution in [0.3, 0.4) is 0 Å². The quantitative estimate of drug-likeness (QED) is 0.826. The van der Waals surface area contributed by atoms with Gasteiger partial charge in [-0.2, -0.15) is 0 Å². The fourth-order valence-electron chi connectivity index (χ4n) is 2.61. The maximum absolute atomic E-state index is 13.6. The van der Waals surface area contributed by atoms with Crippen LogP contribution < -0.4 is 5.32 Å². The van der Waals surface area contributed by atoms with Crippen molar-refractivity contribution in [2.24, 2.45) is 0 Å². The largest absolute Gasteiger partial charge is 0.377 e. The molecule has 1 aliphatic rings. The van der Waals surface area contributed by atoms with Gasteiger partial charge in [0.15, 0.2) is 11.6 Å². The Morgan fingerprint density at radius 3 is 2.16 bits per heavy atom. The molecule has 2 nitrogen and oxygen atoms in total. The SMILES string of the molecule is CC1(C)CC(Nc2cc(F)c(F)cc2F)C(C)(C)O1. The molecule has 0 bridgehead atoms. The van der Waals surface area contributed by atoms with Gasteiger partial charge in [0.1, 0.15) is 5.82 Å². The number of rotatable bonds is 2. The second-order valence-corrected chi connectivity index (χ2v) is 6.11. The summed E-state index contributed by atoms with van der Waals surface area (Å²) < 4.78 is 45.5. The van der Waals surface area contributed by atoms with E-state index in [4.69, 9.17) is 4.74 Å². The molecular weight excluding hydrogens is 255 g/mol. The van der Waals surface area contributed by atoms with Crippen LogP contribution in [0.2, 0.25) is 0 Å². The highest BCUT2D eigenvalue weighted by molar-refractivity contribution is 5.47. The molecule has 5 heteroatoms. The first-order valence-electron chi connectivity index (χ1n) is 6.22. The average Bonchev–Trinajstić information content (AvgIpc) is 2.43. The van der Waals surface area contributed by atoms with E-state index in [2.05, 4.69) is 5.32 Å². The number of hydrogen-bond donors (Lipinski definition) is 1. The first kappa shape index (κ1) is 14.2. The summed E-state index contributed by atoms with van der Waals surface area (Å²) in [6, 6.07) is 1.21. The molecule has 106 valence electrons. The lowest BCUT2D eigenvalue weighted by Crippen LogP contribution is -2.38. The van der Waals surface area contributed by atoms with Crippen LogP contribution >= 0.6 is 0 Å². The summed E-state index contributed by atoms with van der Waals surface area (Å²) in [5, 5.41) is 2.92. The summed E-state index contributed by atoms with van der Waals surface area (Å²) in [5.74, 6) is -3.07. The third-order valence-electron chi connectivity index (χ3n) is 3.41. The number of anilines is 1. The topological polar surface area (TPSA) is 21.3 Å². The van der Waals surface area contributed by atoms with E-state index in [1.54, 1.807) is 0 Å². The van der Waals surface area contributed by atoms with Gasteiger partial charge in [0.25, 0.3) is 0 Å². The van der Waals surface area contributed by atoms with Crippen molar-refractivity contribution < 1.29 is 17.9 Å². The minimum absolute atomic E-state index is 0.0433. The van der Waals surface area contributed by atoms with E-state index >= 15 is 0 Å². The van der Waals surface area contributed by atoms with Gasteiger partial charge in [-0.1, -0.05) is 0 Å². The molecule has 1 aromatic carbocycles. The van der Waals surface area contributed by atoms with E-state index in [0.717, 1.165) is 6.07 Å². The number of halogens is 3. The van der Waals surface area contributed by atoms with E-state index in [-0.39, 0.29) is 17.3 Å². The summed E-state index contributed by atoms with van der Waals surface area (Å²) in [7, 11) is 0. The van der Waals surface area contributed by atoms with Crippen LogP contribution in [0, 0.1) is 17.5 Å². The Labute approximate surface area is 111 Å². The van der Waals surface area contributed by atoms with Gasteiger partial charge in [-0.05, 0) is 34.1 Å². The highest BCUT2D eigenvalue weighted by atomic mass is 19.2. The third kappa shape index (κ3) is 2.86. The molecule has 1 saturated heterocycles. The van der Waals surface area contributed by atoms with E-state index in [1.165, 1.54) is 0 Å².